The summed E-state index contributed by atoms with van der Waals surface area (Å²) in [4.78, 5) is 3.96. The monoisotopic (exact) mass is 267 g/mol. The highest BCUT2D eigenvalue weighted by Gasteiger charge is 2.53. The molecule has 0 saturated heterocycles. The first-order chi connectivity index (χ1) is 7.41. The topological polar surface area (TPSA) is 12.0 Å². The van der Waals surface area contributed by atoms with Crippen LogP contribution in [0, 0.1) is 0 Å². The predicted molar refractivity (Wildman–Crippen MR) is 84.7 cm³/mol. The van der Waals surface area contributed by atoms with Crippen LogP contribution in [0.4, 0.5) is 0 Å². The fourth-order valence-corrected chi connectivity index (χ4v) is 15.4. The second-order valence-corrected chi connectivity index (χ2v) is 18.0. The summed E-state index contributed by atoms with van der Waals surface area (Å²) >= 11 is 0. The molecular formula is C14H29NSi2. The highest BCUT2D eigenvalue weighted by Crippen LogP contribution is 2.50. The van der Waals surface area contributed by atoms with Crippen LogP contribution in [0.3, 0.4) is 0 Å². The SMILES string of the molecule is CC(C)(C)N[Si](C)(C)C1([Si](C)(C)C)C=CC=C1. The second kappa shape index (κ2) is 4.21. The van der Waals surface area contributed by atoms with Gasteiger partial charge in [-0.1, -0.05) is 57.0 Å². The Morgan fingerprint density at radius 3 is 1.59 bits per heavy atom. The van der Waals surface area contributed by atoms with Gasteiger partial charge in [0.2, 0.25) is 0 Å². The van der Waals surface area contributed by atoms with Gasteiger partial charge in [-0.15, -0.1) is 0 Å². The van der Waals surface area contributed by atoms with Crippen molar-refractivity contribution in [3.05, 3.63) is 24.3 Å². The molecular weight excluding hydrogens is 238 g/mol. The van der Waals surface area contributed by atoms with Crippen molar-refractivity contribution in [2.45, 2.75) is 63.7 Å². The molecule has 1 aliphatic carbocycles. The minimum atomic E-state index is -1.55. The van der Waals surface area contributed by atoms with Gasteiger partial charge in [-0.25, -0.2) is 0 Å². The molecule has 0 bridgehead atoms. The molecule has 0 heterocycles. The third-order valence-corrected chi connectivity index (χ3v) is 14.5. The number of allylic oxidation sites excluding steroid dienone is 4. The van der Waals surface area contributed by atoms with Crippen molar-refractivity contribution in [3.63, 3.8) is 0 Å². The zero-order valence-electron chi connectivity index (χ0n) is 12.8. The van der Waals surface area contributed by atoms with E-state index in [0.717, 1.165) is 0 Å². The van der Waals surface area contributed by atoms with Crippen molar-refractivity contribution in [2.75, 3.05) is 0 Å². The number of nitrogens with one attached hydrogen (secondary N) is 1. The Bertz CT molecular complexity index is 328. The van der Waals surface area contributed by atoms with Crippen molar-refractivity contribution >= 4 is 16.3 Å². The number of hydrogen-bond donors (Lipinski definition) is 1. The third kappa shape index (κ3) is 2.83. The minimum absolute atomic E-state index is 0.201. The normalized spacial score (nSPS) is 20.0. The van der Waals surface area contributed by atoms with Crippen LogP contribution in [0.5, 0.6) is 0 Å². The third-order valence-electron chi connectivity index (χ3n) is 3.79. The van der Waals surface area contributed by atoms with Crippen LogP contribution in [-0.2, 0) is 0 Å². The molecule has 0 amide bonds. The van der Waals surface area contributed by atoms with Gasteiger partial charge in [0.15, 0.2) is 0 Å². The molecule has 0 unspecified atom stereocenters. The molecule has 1 N–H and O–H groups in total. The molecule has 3 heteroatoms. The second-order valence-electron chi connectivity index (χ2n) is 7.84. The summed E-state index contributed by atoms with van der Waals surface area (Å²) in [5.41, 5.74) is 0.201. The summed E-state index contributed by atoms with van der Waals surface area (Å²) in [5, 5.41) is 0. The van der Waals surface area contributed by atoms with Gasteiger partial charge in [0.1, 0.15) is 8.24 Å². The molecule has 0 saturated carbocycles. The van der Waals surface area contributed by atoms with E-state index in [1.54, 1.807) is 0 Å². The maximum absolute atomic E-state index is 3.96. The molecule has 98 valence electrons. The van der Waals surface area contributed by atoms with Gasteiger partial charge in [0, 0.05) is 10.2 Å². The Morgan fingerprint density at radius 2 is 1.29 bits per heavy atom. The van der Waals surface area contributed by atoms with Gasteiger partial charge in [-0.2, -0.15) is 0 Å². The highest BCUT2D eigenvalue weighted by molar-refractivity contribution is 6.99. The predicted octanol–water partition coefficient (Wildman–Crippen LogP) is 4.32. The van der Waals surface area contributed by atoms with Crippen LogP contribution in [0.25, 0.3) is 0 Å². The van der Waals surface area contributed by atoms with E-state index in [1.807, 2.05) is 0 Å². The van der Waals surface area contributed by atoms with Crippen LogP contribution >= 0.6 is 0 Å². The van der Waals surface area contributed by atoms with Crippen molar-refractivity contribution in [1.29, 1.82) is 0 Å². The van der Waals surface area contributed by atoms with E-state index in [2.05, 4.69) is 82.8 Å². The van der Waals surface area contributed by atoms with Crippen molar-refractivity contribution in [3.8, 4) is 0 Å². The Labute approximate surface area is 109 Å². The van der Waals surface area contributed by atoms with Gasteiger partial charge in [0.25, 0.3) is 0 Å². The summed E-state index contributed by atoms with van der Waals surface area (Å²) < 4.78 is 0.341. The molecule has 0 aromatic rings. The smallest absolute Gasteiger partial charge is 0.130 e. The Morgan fingerprint density at radius 1 is 0.882 bits per heavy atom. The van der Waals surface area contributed by atoms with Crippen molar-refractivity contribution < 1.29 is 0 Å². The molecule has 1 aliphatic rings. The fourth-order valence-electron chi connectivity index (χ4n) is 3.37. The minimum Gasteiger partial charge on any atom is -0.332 e. The van der Waals surface area contributed by atoms with Gasteiger partial charge < -0.3 is 4.98 Å². The van der Waals surface area contributed by atoms with Crippen molar-refractivity contribution in [1.82, 2.24) is 4.98 Å². The molecule has 0 atom stereocenters. The average molecular weight is 268 g/mol. The van der Waals surface area contributed by atoms with Crippen LogP contribution in [0.15, 0.2) is 24.3 Å². The van der Waals surface area contributed by atoms with Crippen LogP contribution in [-0.4, -0.2) is 21.8 Å². The standard InChI is InChI=1S/C14H29NSi2/c1-13(2,3)15-17(7,8)14(16(4,5)6)11-9-10-12-14/h9-12,15H,1-8H3. The van der Waals surface area contributed by atoms with Crippen molar-refractivity contribution in [2.24, 2.45) is 0 Å². The molecule has 1 rings (SSSR count). The maximum atomic E-state index is 3.96. The first kappa shape index (κ1) is 14.9. The molecule has 0 radical (unpaired) electrons. The lowest BCUT2D eigenvalue weighted by molar-refractivity contribution is 0.508. The zero-order valence-corrected chi connectivity index (χ0v) is 14.8. The van der Waals surface area contributed by atoms with E-state index in [-0.39, 0.29) is 5.54 Å². The summed E-state index contributed by atoms with van der Waals surface area (Å²) in [6.45, 7) is 19.3. The van der Waals surface area contributed by atoms with Crippen LogP contribution in [0.1, 0.15) is 20.8 Å². The van der Waals surface area contributed by atoms with Gasteiger partial charge in [-0.3, -0.25) is 0 Å². The summed E-state index contributed by atoms with van der Waals surface area (Å²) in [5.74, 6) is 0. The number of hydrogen-bond acceptors (Lipinski definition) is 1. The fraction of sp³-hybridized carbons (Fsp3) is 0.714. The maximum Gasteiger partial charge on any atom is 0.130 e. The Kier molecular flexibility index (Phi) is 3.70. The van der Waals surface area contributed by atoms with E-state index in [9.17, 15) is 0 Å². The first-order valence-corrected chi connectivity index (χ1v) is 13.1. The van der Waals surface area contributed by atoms with E-state index in [0.29, 0.717) is 4.66 Å². The van der Waals surface area contributed by atoms with Crippen LogP contribution in [0.2, 0.25) is 37.4 Å². The van der Waals surface area contributed by atoms with Gasteiger partial charge in [0.05, 0.1) is 8.07 Å². The Hall–Kier alpha value is -0.126. The van der Waals surface area contributed by atoms with E-state index >= 15 is 0 Å². The Balaban J connectivity index is 3.17. The van der Waals surface area contributed by atoms with Gasteiger partial charge in [-0.05, 0) is 20.8 Å². The molecule has 0 aromatic heterocycles. The molecule has 0 fully saturated rings. The molecule has 0 aliphatic heterocycles. The van der Waals surface area contributed by atoms with E-state index in [1.165, 1.54) is 0 Å². The number of rotatable bonds is 3. The first-order valence-electron chi connectivity index (χ1n) is 6.58. The summed E-state index contributed by atoms with van der Waals surface area (Å²) in [6, 6.07) is 0. The van der Waals surface area contributed by atoms with E-state index < -0.39 is 16.3 Å². The van der Waals surface area contributed by atoms with E-state index in [4.69, 9.17) is 0 Å². The van der Waals surface area contributed by atoms with Gasteiger partial charge >= 0.3 is 0 Å². The molecule has 0 spiro atoms. The quantitative estimate of drug-likeness (QED) is 0.751. The average Bonchev–Trinajstić information content (AvgIpc) is 2.44. The van der Waals surface area contributed by atoms with Crippen LogP contribution < -0.4 is 4.98 Å². The molecule has 0 aromatic carbocycles. The summed E-state index contributed by atoms with van der Waals surface area (Å²) in [7, 11) is -2.84. The highest BCUT2D eigenvalue weighted by atomic mass is 28.4. The zero-order chi connectivity index (χ0) is 13.5. The lowest BCUT2D eigenvalue weighted by Crippen LogP contribution is -2.66. The largest absolute Gasteiger partial charge is 0.332 e. The lowest BCUT2D eigenvalue weighted by atomic mass is 10.1. The lowest BCUT2D eigenvalue weighted by Gasteiger charge is -2.51. The molecule has 1 nitrogen and oxygen atoms in total. The summed E-state index contributed by atoms with van der Waals surface area (Å²) in [6.07, 6.45) is 9.45. The molecule has 17 heavy (non-hydrogen) atoms.